The third-order valence-corrected chi connectivity index (χ3v) is 3.56. The summed E-state index contributed by atoms with van der Waals surface area (Å²) in [7, 11) is 1.69. The summed E-state index contributed by atoms with van der Waals surface area (Å²) in [6.07, 6.45) is 3.75. The van der Waals surface area contributed by atoms with Gasteiger partial charge in [-0.3, -0.25) is 0 Å². The van der Waals surface area contributed by atoms with Gasteiger partial charge in [0.25, 0.3) is 0 Å². The van der Waals surface area contributed by atoms with Gasteiger partial charge in [-0.1, -0.05) is 13.0 Å². The van der Waals surface area contributed by atoms with Crippen LogP contribution in [-0.2, 0) is 0 Å². The molecule has 3 heteroatoms. The summed E-state index contributed by atoms with van der Waals surface area (Å²) in [4.78, 5) is 0. The summed E-state index contributed by atoms with van der Waals surface area (Å²) in [6, 6.07) is 6.42. The summed E-state index contributed by atoms with van der Waals surface area (Å²) in [5.41, 5.74) is 1.22. The molecule has 1 atom stereocenters. The monoisotopic (exact) mass is 263 g/mol. The van der Waals surface area contributed by atoms with Crippen molar-refractivity contribution in [1.82, 2.24) is 5.32 Å². The zero-order valence-electron chi connectivity index (χ0n) is 12.2. The van der Waals surface area contributed by atoms with Gasteiger partial charge < -0.3 is 14.8 Å². The van der Waals surface area contributed by atoms with Crippen molar-refractivity contribution in [1.29, 1.82) is 0 Å². The van der Waals surface area contributed by atoms with Crippen molar-refractivity contribution in [2.75, 3.05) is 20.3 Å². The van der Waals surface area contributed by atoms with Crippen molar-refractivity contribution >= 4 is 0 Å². The molecule has 1 saturated carbocycles. The van der Waals surface area contributed by atoms with E-state index in [-0.39, 0.29) is 0 Å². The molecule has 0 aliphatic heterocycles. The molecule has 0 bridgehead atoms. The smallest absolute Gasteiger partial charge is 0.127 e. The Labute approximate surface area is 116 Å². The predicted molar refractivity (Wildman–Crippen MR) is 77.9 cm³/mol. The molecule has 106 valence electrons. The molecule has 0 radical (unpaired) electrons. The molecule has 0 amide bonds. The molecule has 3 nitrogen and oxygen atoms in total. The molecule has 1 aromatic carbocycles. The van der Waals surface area contributed by atoms with Crippen LogP contribution < -0.4 is 14.8 Å². The Hall–Kier alpha value is -1.22. The van der Waals surface area contributed by atoms with Gasteiger partial charge in [0.15, 0.2) is 0 Å². The molecule has 1 fully saturated rings. The standard InChI is InChI=1S/C16H25NO2/c1-4-9-17-12(2)15-8-7-14(18-3)10-16(15)19-11-13-5-6-13/h7-8,10,12-13,17H,4-6,9,11H2,1-3H3. The van der Waals surface area contributed by atoms with Crippen LogP contribution in [0, 0.1) is 5.92 Å². The van der Waals surface area contributed by atoms with Crippen LogP contribution in [0.1, 0.15) is 44.7 Å². The van der Waals surface area contributed by atoms with E-state index in [4.69, 9.17) is 9.47 Å². The van der Waals surface area contributed by atoms with Gasteiger partial charge in [-0.05, 0) is 44.7 Å². The second-order valence-electron chi connectivity index (χ2n) is 5.33. The second-order valence-corrected chi connectivity index (χ2v) is 5.33. The number of nitrogens with one attached hydrogen (secondary N) is 1. The molecule has 2 rings (SSSR count). The molecular weight excluding hydrogens is 238 g/mol. The molecule has 0 heterocycles. The molecule has 0 aromatic heterocycles. The predicted octanol–water partition coefficient (Wildman–Crippen LogP) is 3.54. The minimum Gasteiger partial charge on any atom is -0.497 e. The zero-order valence-corrected chi connectivity index (χ0v) is 12.2. The highest BCUT2D eigenvalue weighted by atomic mass is 16.5. The van der Waals surface area contributed by atoms with E-state index in [1.807, 2.05) is 12.1 Å². The first kappa shape index (κ1) is 14.2. The lowest BCUT2D eigenvalue weighted by atomic mass is 10.1. The summed E-state index contributed by atoms with van der Waals surface area (Å²) in [5.74, 6) is 2.58. The van der Waals surface area contributed by atoms with Crippen molar-refractivity contribution < 1.29 is 9.47 Å². The first-order valence-electron chi connectivity index (χ1n) is 7.28. The zero-order chi connectivity index (χ0) is 13.7. The molecule has 0 spiro atoms. The lowest BCUT2D eigenvalue weighted by Gasteiger charge is -2.19. The topological polar surface area (TPSA) is 30.5 Å². The van der Waals surface area contributed by atoms with Gasteiger partial charge in [0.2, 0.25) is 0 Å². The molecular formula is C16H25NO2. The minimum absolute atomic E-state index is 0.306. The number of ether oxygens (including phenoxy) is 2. The van der Waals surface area contributed by atoms with Crippen LogP contribution in [-0.4, -0.2) is 20.3 Å². The number of hydrogen-bond acceptors (Lipinski definition) is 3. The van der Waals surface area contributed by atoms with E-state index in [0.29, 0.717) is 6.04 Å². The van der Waals surface area contributed by atoms with E-state index in [1.54, 1.807) is 7.11 Å². The Morgan fingerprint density at radius 1 is 1.37 bits per heavy atom. The van der Waals surface area contributed by atoms with Gasteiger partial charge in [0.05, 0.1) is 13.7 Å². The highest BCUT2D eigenvalue weighted by Gasteiger charge is 2.23. The van der Waals surface area contributed by atoms with Crippen molar-refractivity contribution in [2.45, 2.75) is 39.2 Å². The van der Waals surface area contributed by atoms with E-state index in [0.717, 1.165) is 37.0 Å². The summed E-state index contributed by atoms with van der Waals surface area (Å²) >= 11 is 0. The number of rotatable bonds is 8. The van der Waals surface area contributed by atoms with Crippen molar-refractivity contribution in [2.24, 2.45) is 5.92 Å². The average Bonchev–Trinajstić information content (AvgIpc) is 3.26. The maximum Gasteiger partial charge on any atom is 0.127 e. The van der Waals surface area contributed by atoms with Crippen LogP contribution in [0.2, 0.25) is 0 Å². The van der Waals surface area contributed by atoms with Crippen molar-refractivity contribution in [3.8, 4) is 11.5 Å². The molecule has 19 heavy (non-hydrogen) atoms. The van der Waals surface area contributed by atoms with E-state index in [1.165, 1.54) is 18.4 Å². The molecule has 1 N–H and O–H groups in total. The Bertz CT molecular complexity index is 402. The normalized spacial score (nSPS) is 16.2. The van der Waals surface area contributed by atoms with Gasteiger partial charge in [0, 0.05) is 17.7 Å². The molecule has 0 saturated heterocycles. The lowest BCUT2D eigenvalue weighted by molar-refractivity contribution is 0.291. The van der Waals surface area contributed by atoms with Crippen LogP contribution in [0.3, 0.4) is 0 Å². The van der Waals surface area contributed by atoms with Gasteiger partial charge in [0.1, 0.15) is 11.5 Å². The van der Waals surface area contributed by atoms with Crippen LogP contribution in [0.25, 0.3) is 0 Å². The first-order valence-corrected chi connectivity index (χ1v) is 7.28. The fourth-order valence-electron chi connectivity index (χ4n) is 2.09. The van der Waals surface area contributed by atoms with Crippen LogP contribution in [0.5, 0.6) is 11.5 Å². The fourth-order valence-corrected chi connectivity index (χ4v) is 2.09. The maximum absolute atomic E-state index is 5.98. The van der Waals surface area contributed by atoms with Crippen LogP contribution >= 0.6 is 0 Å². The molecule has 1 aliphatic rings. The van der Waals surface area contributed by atoms with E-state index >= 15 is 0 Å². The Morgan fingerprint density at radius 2 is 2.16 bits per heavy atom. The highest BCUT2D eigenvalue weighted by molar-refractivity contribution is 5.42. The fraction of sp³-hybridized carbons (Fsp3) is 0.625. The Balaban J connectivity index is 2.08. The van der Waals surface area contributed by atoms with Gasteiger partial charge >= 0.3 is 0 Å². The third-order valence-electron chi connectivity index (χ3n) is 3.56. The maximum atomic E-state index is 5.98. The lowest BCUT2D eigenvalue weighted by Crippen LogP contribution is -2.20. The minimum atomic E-state index is 0.306. The SMILES string of the molecule is CCCNC(C)c1ccc(OC)cc1OCC1CC1. The summed E-state index contributed by atoms with van der Waals surface area (Å²) < 4.78 is 11.3. The second kappa shape index (κ2) is 6.80. The Kier molecular flexibility index (Phi) is 5.08. The van der Waals surface area contributed by atoms with Crippen LogP contribution in [0.15, 0.2) is 18.2 Å². The molecule has 1 unspecified atom stereocenters. The largest absolute Gasteiger partial charge is 0.497 e. The van der Waals surface area contributed by atoms with Crippen molar-refractivity contribution in [3.05, 3.63) is 23.8 Å². The number of benzene rings is 1. The van der Waals surface area contributed by atoms with E-state index < -0.39 is 0 Å². The molecule has 1 aliphatic carbocycles. The summed E-state index contributed by atoms with van der Waals surface area (Å²) in [6.45, 7) is 6.22. The van der Waals surface area contributed by atoms with E-state index in [2.05, 4.69) is 25.2 Å². The molecule has 1 aromatic rings. The summed E-state index contributed by atoms with van der Waals surface area (Å²) in [5, 5.41) is 3.51. The van der Waals surface area contributed by atoms with Gasteiger partial charge in [-0.15, -0.1) is 0 Å². The van der Waals surface area contributed by atoms with E-state index in [9.17, 15) is 0 Å². The van der Waals surface area contributed by atoms with Gasteiger partial charge in [-0.2, -0.15) is 0 Å². The first-order chi connectivity index (χ1) is 9.24. The highest BCUT2D eigenvalue weighted by Crippen LogP contribution is 2.33. The number of hydrogen-bond donors (Lipinski definition) is 1. The average molecular weight is 263 g/mol. The third kappa shape index (κ3) is 4.13. The van der Waals surface area contributed by atoms with Crippen LogP contribution in [0.4, 0.5) is 0 Å². The Morgan fingerprint density at radius 3 is 2.79 bits per heavy atom. The quantitative estimate of drug-likeness (QED) is 0.778. The number of methoxy groups -OCH3 is 1. The van der Waals surface area contributed by atoms with Gasteiger partial charge in [-0.25, -0.2) is 0 Å². The van der Waals surface area contributed by atoms with Crippen molar-refractivity contribution in [3.63, 3.8) is 0 Å².